The van der Waals surface area contributed by atoms with Gasteiger partial charge in [0.2, 0.25) is 0 Å². The van der Waals surface area contributed by atoms with Gasteiger partial charge in [-0.15, -0.1) is 0 Å². The highest BCUT2D eigenvalue weighted by molar-refractivity contribution is 6.04. The zero-order valence-electron chi connectivity index (χ0n) is 18.6. The number of allylic oxidation sites excluding steroid dienone is 1. The highest BCUT2D eigenvalue weighted by Gasteiger charge is 2.25. The predicted molar refractivity (Wildman–Crippen MR) is 134 cm³/mol. The number of hydrogen-bond donors (Lipinski definition) is 3. The summed E-state index contributed by atoms with van der Waals surface area (Å²) in [4.78, 5) is 17.3. The smallest absolute Gasteiger partial charge is 0.255 e. The van der Waals surface area contributed by atoms with Crippen molar-refractivity contribution in [3.05, 3.63) is 102 Å². The lowest BCUT2D eigenvalue weighted by Gasteiger charge is -2.09. The number of aromatic nitrogens is 2. The van der Waals surface area contributed by atoms with Crippen LogP contribution < -0.4 is 16.0 Å². The van der Waals surface area contributed by atoms with Crippen LogP contribution in [0.25, 0.3) is 5.65 Å². The maximum Gasteiger partial charge on any atom is 0.255 e. The average molecular weight is 438 g/mol. The first-order chi connectivity index (χ1) is 16.1. The van der Waals surface area contributed by atoms with Gasteiger partial charge in [0, 0.05) is 35.9 Å². The van der Waals surface area contributed by atoms with E-state index >= 15 is 0 Å². The van der Waals surface area contributed by atoms with E-state index in [2.05, 4.69) is 45.8 Å². The number of amides is 1. The van der Waals surface area contributed by atoms with Crippen molar-refractivity contribution in [1.29, 1.82) is 0 Å². The Morgan fingerprint density at radius 1 is 1.00 bits per heavy atom. The molecule has 1 aliphatic carbocycles. The Bertz CT molecular complexity index is 1340. The van der Waals surface area contributed by atoms with Crippen LogP contribution in [0, 0.1) is 5.92 Å². The lowest BCUT2D eigenvalue weighted by atomic mass is 10.1. The van der Waals surface area contributed by atoms with Crippen LogP contribution in [0.4, 0.5) is 17.2 Å². The zero-order chi connectivity index (χ0) is 22.8. The van der Waals surface area contributed by atoms with E-state index in [1.165, 1.54) is 12.8 Å². The predicted octanol–water partition coefficient (Wildman–Crippen LogP) is 5.55. The number of hydrogen-bond acceptors (Lipinski definition) is 4. The molecule has 1 aliphatic rings. The average Bonchev–Trinajstić information content (AvgIpc) is 3.60. The molecule has 0 aliphatic heterocycles. The van der Waals surface area contributed by atoms with Gasteiger partial charge in [-0.2, -0.15) is 0 Å². The van der Waals surface area contributed by atoms with Gasteiger partial charge in [0.25, 0.3) is 5.91 Å². The third-order valence-corrected chi connectivity index (χ3v) is 5.88. The van der Waals surface area contributed by atoms with Crippen LogP contribution in [-0.4, -0.2) is 22.3 Å². The maximum atomic E-state index is 12.7. The molecule has 0 spiro atoms. The largest absolute Gasteiger partial charge is 0.388 e. The summed E-state index contributed by atoms with van der Waals surface area (Å²) < 4.78 is 2.04. The van der Waals surface area contributed by atoms with Crippen molar-refractivity contribution < 1.29 is 4.79 Å². The second kappa shape index (κ2) is 8.82. The summed E-state index contributed by atoms with van der Waals surface area (Å²) in [5, 5.41) is 9.40. The molecule has 2 heterocycles. The van der Waals surface area contributed by atoms with Crippen LogP contribution >= 0.6 is 0 Å². The molecule has 33 heavy (non-hydrogen) atoms. The molecule has 166 valence electrons. The number of nitrogens with zero attached hydrogens (tertiary/aromatic N) is 2. The molecule has 1 fully saturated rings. The standard InChI is InChI=1S/C27H27N5O/c1-18(21-10-11-21)29-25-17-32-16-20(9-12-26(32)31-25)13-19-5-3-8-24(14-19)30-27(33)22-6-4-7-23(15-22)28-2/h3-9,12,14-17,21,28-29H,1,10-11,13H2,2H3,(H,30,33). The molecule has 2 aromatic carbocycles. The second-order valence-corrected chi connectivity index (χ2v) is 8.52. The monoisotopic (exact) mass is 437 g/mol. The van der Waals surface area contributed by atoms with Gasteiger partial charge < -0.3 is 20.4 Å². The third-order valence-electron chi connectivity index (χ3n) is 5.88. The topological polar surface area (TPSA) is 70.5 Å². The number of fused-ring (bicyclic) bond motifs is 1. The van der Waals surface area contributed by atoms with Gasteiger partial charge >= 0.3 is 0 Å². The third kappa shape index (κ3) is 4.90. The van der Waals surface area contributed by atoms with Crippen molar-refractivity contribution in [3.8, 4) is 0 Å². The zero-order valence-corrected chi connectivity index (χ0v) is 18.6. The number of carbonyl (C=O) groups is 1. The number of benzene rings is 2. The molecule has 3 N–H and O–H groups in total. The summed E-state index contributed by atoms with van der Waals surface area (Å²) in [6.45, 7) is 4.12. The van der Waals surface area contributed by atoms with Crippen LogP contribution in [0.1, 0.15) is 34.3 Å². The van der Waals surface area contributed by atoms with E-state index < -0.39 is 0 Å². The van der Waals surface area contributed by atoms with Crippen molar-refractivity contribution >= 4 is 28.7 Å². The van der Waals surface area contributed by atoms with Crippen molar-refractivity contribution in [1.82, 2.24) is 9.38 Å². The molecule has 0 bridgehead atoms. The highest BCUT2D eigenvalue weighted by atomic mass is 16.1. The highest BCUT2D eigenvalue weighted by Crippen LogP contribution is 2.35. The minimum absolute atomic E-state index is 0.128. The van der Waals surface area contributed by atoms with E-state index in [0.29, 0.717) is 11.5 Å². The van der Waals surface area contributed by atoms with Gasteiger partial charge in [0.15, 0.2) is 0 Å². The lowest BCUT2D eigenvalue weighted by Crippen LogP contribution is -2.12. The maximum absolute atomic E-state index is 12.7. The Morgan fingerprint density at radius 2 is 1.82 bits per heavy atom. The van der Waals surface area contributed by atoms with Gasteiger partial charge in [-0.05, 0) is 72.7 Å². The Balaban J connectivity index is 1.28. The molecule has 5 rings (SSSR count). The molecule has 0 saturated heterocycles. The van der Waals surface area contributed by atoms with Gasteiger partial charge in [-0.3, -0.25) is 4.79 Å². The van der Waals surface area contributed by atoms with Gasteiger partial charge in [-0.25, -0.2) is 4.98 Å². The summed E-state index contributed by atoms with van der Waals surface area (Å²) in [6.07, 6.45) is 7.28. The molecule has 0 radical (unpaired) electrons. The first-order valence-corrected chi connectivity index (χ1v) is 11.2. The number of imidazole rings is 1. The Kier molecular flexibility index (Phi) is 5.57. The van der Waals surface area contributed by atoms with Gasteiger partial charge in [0.05, 0.1) is 6.20 Å². The van der Waals surface area contributed by atoms with Crippen molar-refractivity contribution in [3.63, 3.8) is 0 Å². The van der Waals surface area contributed by atoms with Gasteiger partial charge in [0.1, 0.15) is 11.5 Å². The molecule has 0 atom stereocenters. The summed E-state index contributed by atoms with van der Waals surface area (Å²) in [7, 11) is 1.84. The Hall–Kier alpha value is -4.06. The van der Waals surface area contributed by atoms with Crippen LogP contribution in [0.5, 0.6) is 0 Å². The molecule has 2 aromatic heterocycles. The molecule has 6 nitrogen and oxygen atoms in total. The van der Waals surface area contributed by atoms with Crippen molar-refractivity contribution in [2.45, 2.75) is 19.3 Å². The molecule has 1 saturated carbocycles. The first kappa shape index (κ1) is 20.8. The van der Waals surface area contributed by atoms with E-state index in [1.807, 2.05) is 66.2 Å². The minimum atomic E-state index is -0.128. The number of nitrogens with one attached hydrogen (secondary N) is 3. The summed E-state index contributed by atoms with van der Waals surface area (Å²) in [6, 6.07) is 19.5. The summed E-state index contributed by atoms with van der Waals surface area (Å²) in [5.74, 6) is 1.29. The number of anilines is 3. The molecular weight excluding hydrogens is 410 g/mol. The molecule has 6 heteroatoms. The van der Waals surface area contributed by atoms with E-state index in [1.54, 1.807) is 0 Å². The fraction of sp³-hybridized carbons (Fsp3) is 0.185. The number of pyridine rings is 1. The summed E-state index contributed by atoms with van der Waals surface area (Å²) >= 11 is 0. The fourth-order valence-corrected chi connectivity index (χ4v) is 3.91. The van der Waals surface area contributed by atoms with E-state index in [0.717, 1.165) is 46.1 Å². The van der Waals surface area contributed by atoms with Crippen LogP contribution in [0.15, 0.2) is 85.3 Å². The number of carbonyl (C=O) groups excluding carboxylic acids is 1. The number of rotatable bonds is 8. The molecule has 0 unspecified atom stereocenters. The van der Waals surface area contributed by atoms with E-state index in [4.69, 9.17) is 0 Å². The minimum Gasteiger partial charge on any atom is -0.388 e. The van der Waals surface area contributed by atoms with Crippen LogP contribution in [0.2, 0.25) is 0 Å². The SMILES string of the molecule is C=C(Nc1cn2cc(Cc3cccc(NC(=O)c4cccc(NC)c4)c3)ccc2n1)C1CC1. The normalized spacial score (nSPS) is 13.0. The van der Waals surface area contributed by atoms with Crippen LogP contribution in [0.3, 0.4) is 0 Å². The van der Waals surface area contributed by atoms with E-state index in [-0.39, 0.29) is 5.91 Å². The first-order valence-electron chi connectivity index (χ1n) is 11.2. The summed E-state index contributed by atoms with van der Waals surface area (Å²) in [5.41, 5.74) is 6.54. The Labute approximate surface area is 193 Å². The molecular formula is C27H27N5O. The molecule has 1 amide bonds. The van der Waals surface area contributed by atoms with Gasteiger partial charge in [-0.1, -0.05) is 30.8 Å². The lowest BCUT2D eigenvalue weighted by molar-refractivity contribution is 0.102. The quantitative estimate of drug-likeness (QED) is 0.338. The van der Waals surface area contributed by atoms with Crippen molar-refractivity contribution in [2.24, 2.45) is 5.92 Å². The fourth-order valence-electron chi connectivity index (χ4n) is 3.91. The van der Waals surface area contributed by atoms with Crippen molar-refractivity contribution in [2.75, 3.05) is 23.0 Å². The molecule has 4 aromatic rings. The van der Waals surface area contributed by atoms with E-state index in [9.17, 15) is 4.79 Å². The second-order valence-electron chi connectivity index (χ2n) is 8.52. The van der Waals surface area contributed by atoms with Crippen LogP contribution in [-0.2, 0) is 6.42 Å². The Morgan fingerprint density at radius 3 is 2.64 bits per heavy atom.